The molecular weight excluding hydrogens is 512 g/mol. The summed E-state index contributed by atoms with van der Waals surface area (Å²) in [6.07, 6.45) is -2.17. The standard InChI is InChI=1S/C18H15Cl2F3N4O3S2/c1-10-5-15(25-31(28)11-3-4-13(19)12(6-11)18(21,22)23)16(7-14(10)20)26-32(29,30)17-8-27(2)9-24-17/h3-9,25-26H,1-2H3. The number of nitrogens with one attached hydrogen (secondary N) is 2. The molecule has 2 N–H and O–H groups in total. The Morgan fingerprint density at radius 2 is 1.78 bits per heavy atom. The molecule has 172 valence electrons. The third-order valence-electron chi connectivity index (χ3n) is 4.16. The minimum atomic E-state index is -4.74. The number of imidazole rings is 1. The lowest BCUT2D eigenvalue weighted by Gasteiger charge is -2.16. The van der Waals surface area contributed by atoms with Crippen LogP contribution in [0.15, 0.2) is 52.8 Å². The number of aryl methyl sites for hydroxylation is 2. The van der Waals surface area contributed by atoms with Crippen molar-refractivity contribution in [1.82, 2.24) is 9.55 Å². The first-order valence-corrected chi connectivity index (χ1v) is 12.0. The van der Waals surface area contributed by atoms with Crippen LogP contribution in [0.5, 0.6) is 0 Å². The number of sulfonamides is 1. The van der Waals surface area contributed by atoms with Crippen molar-refractivity contribution in [2.24, 2.45) is 7.05 Å². The van der Waals surface area contributed by atoms with Crippen LogP contribution < -0.4 is 9.44 Å². The summed E-state index contributed by atoms with van der Waals surface area (Å²) in [5.74, 6) is 0. The van der Waals surface area contributed by atoms with Crippen LogP contribution in [-0.2, 0) is 34.2 Å². The number of halogens is 5. The number of benzene rings is 2. The quantitative estimate of drug-likeness (QED) is 0.473. The van der Waals surface area contributed by atoms with Gasteiger partial charge in [0.25, 0.3) is 10.0 Å². The highest BCUT2D eigenvalue weighted by Gasteiger charge is 2.34. The maximum absolute atomic E-state index is 13.1. The molecule has 0 bridgehead atoms. The molecule has 7 nitrogen and oxygen atoms in total. The van der Waals surface area contributed by atoms with Crippen molar-refractivity contribution < 1.29 is 25.8 Å². The predicted octanol–water partition coefficient (Wildman–Crippen LogP) is 4.99. The van der Waals surface area contributed by atoms with Gasteiger partial charge in [-0.05, 0) is 42.8 Å². The Balaban J connectivity index is 1.97. The van der Waals surface area contributed by atoms with Gasteiger partial charge < -0.3 is 4.57 Å². The molecule has 14 heteroatoms. The monoisotopic (exact) mass is 526 g/mol. The van der Waals surface area contributed by atoms with Gasteiger partial charge in [0.1, 0.15) is 11.0 Å². The zero-order valence-electron chi connectivity index (χ0n) is 16.4. The molecule has 32 heavy (non-hydrogen) atoms. The topological polar surface area (TPSA) is 93.1 Å². The third kappa shape index (κ3) is 5.37. The Morgan fingerprint density at radius 3 is 2.38 bits per heavy atom. The van der Waals surface area contributed by atoms with Gasteiger partial charge in [0.05, 0.1) is 33.2 Å². The SMILES string of the molecule is Cc1cc(NS(=O)c2ccc(Cl)c(C(F)(F)F)c2)c(NS(=O)(=O)c2cn(C)cn2)cc1Cl. The fourth-order valence-corrected chi connectivity index (χ4v) is 4.92. The smallest absolute Gasteiger partial charge is 0.339 e. The summed E-state index contributed by atoms with van der Waals surface area (Å²) < 4.78 is 83.7. The second-order valence-electron chi connectivity index (χ2n) is 6.64. The zero-order chi connectivity index (χ0) is 23.8. The fraction of sp³-hybridized carbons (Fsp3) is 0.167. The van der Waals surface area contributed by atoms with Gasteiger partial charge in [0, 0.05) is 18.3 Å². The first-order chi connectivity index (χ1) is 14.8. The number of aromatic nitrogens is 2. The minimum absolute atomic E-state index is 0.0354. The second kappa shape index (κ2) is 8.93. The summed E-state index contributed by atoms with van der Waals surface area (Å²) in [6, 6.07) is 5.52. The summed E-state index contributed by atoms with van der Waals surface area (Å²) in [5.41, 5.74) is -0.660. The normalized spacial score (nSPS) is 13.1. The molecule has 1 heterocycles. The van der Waals surface area contributed by atoms with E-state index in [2.05, 4.69) is 14.4 Å². The minimum Gasteiger partial charge on any atom is -0.339 e. The Bertz CT molecular complexity index is 1310. The first kappa shape index (κ1) is 24.4. The van der Waals surface area contributed by atoms with Crippen molar-refractivity contribution in [3.8, 4) is 0 Å². The maximum atomic E-state index is 13.1. The molecular formula is C18H15Cl2F3N4O3S2. The molecule has 0 radical (unpaired) electrons. The largest absolute Gasteiger partial charge is 0.417 e. The van der Waals surface area contributed by atoms with Crippen LogP contribution in [0.3, 0.4) is 0 Å². The summed E-state index contributed by atoms with van der Waals surface area (Å²) in [7, 11) is -4.72. The summed E-state index contributed by atoms with van der Waals surface area (Å²) in [4.78, 5) is 3.57. The maximum Gasteiger partial charge on any atom is 0.417 e. The second-order valence-corrected chi connectivity index (χ2v) is 10.3. The van der Waals surface area contributed by atoms with Crippen molar-refractivity contribution in [2.75, 3.05) is 9.44 Å². The van der Waals surface area contributed by atoms with Crippen molar-refractivity contribution in [2.45, 2.75) is 23.0 Å². The summed E-state index contributed by atoms with van der Waals surface area (Å²) >= 11 is 11.7. The van der Waals surface area contributed by atoms with E-state index >= 15 is 0 Å². The Kier molecular flexibility index (Phi) is 6.80. The van der Waals surface area contributed by atoms with Gasteiger partial charge >= 0.3 is 6.18 Å². The van der Waals surface area contributed by atoms with E-state index in [0.717, 1.165) is 6.07 Å². The van der Waals surface area contributed by atoms with Gasteiger partial charge in [-0.2, -0.15) is 21.6 Å². The van der Waals surface area contributed by atoms with Crippen LogP contribution in [0.1, 0.15) is 11.1 Å². The molecule has 1 aromatic heterocycles. The molecule has 1 atom stereocenters. The van der Waals surface area contributed by atoms with Gasteiger partial charge in [-0.25, -0.2) is 9.19 Å². The van der Waals surface area contributed by atoms with Crippen LogP contribution in [0, 0.1) is 6.92 Å². The van der Waals surface area contributed by atoms with E-state index in [1.807, 2.05) is 0 Å². The van der Waals surface area contributed by atoms with Crippen molar-refractivity contribution in [3.63, 3.8) is 0 Å². The van der Waals surface area contributed by atoms with E-state index in [1.165, 1.54) is 35.3 Å². The van der Waals surface area contributed by atoms with Crippen LogP contribution in [0.2, 0.25) is 10.0 Å². The van der Waals surface area contributed by atoms with E-state index in [1.54, 1.807) is 14.0 Å². The Morgan fingerprint density at radius 1 is 1.09 bits per heavy atom. The van der Waals surface area contributed by atoms with E-state index in [9.17, 15) is 25.8 Å². The first-order valence-electron chi connectivity index (χ1n) is 8.64. The number of anilines is 2. The average molecular weight is 527 g/mol. The zero-order valence-corrected chi connectivity index (χ0v) is 19.5. The average Bonchev–Trinajstić information content (AvgIpc) is 3.12. The Hall–Kier alpha value is -2.28. The molecule has 0 saturated heterocycles. The number of hydrogen-bond acceptors (Lipinski definition) is 4. The van der Waals surface area contributed by atoms with Gasteiger partial charge in [-0.1, -0.05) is 23.2 Å². The van der Waals surface area contributed by atoms with Crippen LogP contribution in [0.4, 0.5) is 24.5 Å². The molecule has 0 saturated carbocycles. The van der Waals surface area contributed by atoms with Crippen molar-refractivity contribution >= 4 is 55.6 Å². The number of alkyl halides is 3. The summed E-state index contributed by atoms with van der Waals surface area (Å²) in [5, 5.41) is -0.591. The van der Waals surface area contributed by atoms with Gasteiger partial charge in [-0.15, -0.1) is 0 Å². The van der Waals surface area contributed by atoms with E-state index in [0.29, 0.717) is 11.6 Å². The molecule has 0 fully saturated rings. The number of hydrogen-bond donors (Lipinski definition) is 2. The molecule has 0 aliphatic rings. The lowest BCUT2D eigenvalue weighted by Crippen LogP contribution is -2.16. The van der Waals surface area contributed by atoms with Gasteiger partial charge in [0.2, 0.25) is 0 Å². The number of rotatable bonds is 6. The molecule has 1 unspecified atom stereocenters. The van der Waals surface area contributed by atoms with Crippen molar-refractivity contribution in [1.29, 1.82) is 0 Å². The predicted molar refractivity (Wildman–Crippen MR) is 117 cm³/mol. The molecule has 0 aliphatic carbocycles. The van der Waals surface area contributed by atoms with Gasteiger partial charge in [0.15, 0.2) is 5.03 Å². The molecule has 0 amide bonds. The molecule has 0 aliphatic heterocycles. The lowest BCUT2D eigenvalue weighted by molar-refractivity contribution is -0.137. The van der Waals surface area contributed by atoms with E-state index < -0.39 is 37.8 Å². The summed E-state index contributed by atoms with van der Waals surface area (Å²) in [6.45, 7) is 1.62. The Labute approximate surface area is 194 Å². The molecule has 0 spiro atoms. The van der Waals surface area contributed by atoms with Crippen LogP contribution in [-0.4, -0.2) is 22.2 Å². The lowest BCUT2D eigenvalue weighted by atomic mass is 10.2. The van der Waals surface area contributed by atoms with Crippen LogP contribution >= 0.6 is 23.2 Å². The van der Waals surface area contributed by atoms with Gasteiger partial charge in [-0.3, -0.25) is 9.44 Å². The highest BCUT2D eigenvalue weighted by atomic mass is 35.5. The highest BCUT2D eigenvalue weighted by Crippen LogP contribution is 2.36. The molecule has 2 aromatic carbocycles. The van der Waals surface area contributed by atoms with Crippen LogP contribution in [0.25, 0.3) is 0 Å². The highest BCUT2D eigenvalue weighted by molar-refractivity contribution is 7.92. The molecule has 3 aromatic rings. The number of nitrogens with zero attached hydrogens (tertiary/aromatic N) is 2. The van der Waals surface area contributed by atoms with E-state index in [-0.39, 0.29) is 26.3 Å². The third-order valence-corrected chi connectivity index (χ3v) is 7.23. The molecule has 3 rings (SSSR count). The van der Waals surface area contributed by atoms with E-state index in [4.69, 9.17) is 23.2 Å². The fourth-order valence-electron chi connectivity index (χ4n) is 2.57. The van der Waals surface area contributed by atoms with Crippen molar-refractivity contribution in [3.05, 3.63) is 64.0 Å².